The van der Waals surface area contributed by atoms with E-state index in [4.69, 9.17) is 0 Å². The van der Waals surface area contributed by atoms with Gasteiger partial charge in [-0.2, -0.15) is 10.2 Å². The Morgan fingerprint density at radius 2 is 1.88 bits per heavy atom. The number of hydrogen-bond acceptors (Lipinski definition) is 4. The molecule has 0 aliphatic heterocycles. The average molecular weight is 352 g/mol. The van der Waals surface area contributed by atoms with E-state index in [1.807, 2.05) is 57.6 Å². The third-order valence-electron chi connectivity index (χ3n) is 4.69. The SMILES string of the molecule is Cc1cccnc1[C@H](C)NC(=O)c1cc(-c2c(C)nn(C)c2C)nn1C. The first-order valence-corrected chi connectivity index (χ1v) is 8.56. The van der Waals surface area contributed by atoms with Crippen LogP contribution in [0.1, 0.15) is 46.1 Å². The van der Waals surface area contributed by atoms with E-state index < -0.39 is 0 Å². The first-order valence-electron chi connectivity index (χ1n) is 8.56. The van der Waals surface area contributed by atoms with Crippen molar-refractivity contribution in [1.29, 1.82) is 0 Å². The van der Waals surface area contributed by atoms with Gasteiger partial charge in [0.15, 0.2) is 0 Å². The standard InChI is InChI=1S/C19H24N6O/c1-11-8-7-9-20-18(11)13(3)21-19(26)16-10-15(23-25(16)6)17-12(2)22-24(5)14(17)4/h7-10,13H,1-6H3,(H,21,26)/t13-/m0/s1. The minimum atomic E-state index is -0.191. The summed E-state index contributed by atoms with van der Waals surface area (Å²) in [6, 6.07) is 5.49. The Kier molecular flexibility index (Phi) is 4.63. The Morgan fingerprint density at radius 1 is 1.15 bits per heavy atom. The maximum absolute atomic E-state index is 12.8. The van der Waals surface area contributed by atoms with E-state index in [9.17, 15) is 4.79 Å². The molecule has 7 heteroatoms. The molecule has 0 aliphatic rings. The van der Waals surface area contributed by atoms with Gasteiger partial charge in [-0.15, -0.1) is 0 Å². The van der Waals surface area contributed by atoms with Crippen molar-refractivity contribution in [3.8, 4) is 11.3 Å². The van der Waals surface area contributed by atoms with Gasteiger partial charge in [0.1, 0.15) is 5.69 Å². The molecule has 7 nitrogen and oxygen atoms in total. The molecule has 3 aromatic heterocycles. The molecule has 1 N–H and O–H groups in total. The predicted molar refractivity (Wildman–Crippen MR) is 99.7 cm³/mol. The number of aromatic nitrogens is 5. The van der Waals surface area contributed by atoms with Crippen LogP contribution in [-0.2, 0) is 14.1 Å². The van der Waals surface area contributed by atoms with E-state index in [0.717, 1.165) is 33.9 Å². The molecule has 3 heterocycles. The smallest absolute Gasteiger partial charge is 0.270 e. The highest BCUT2D eigenvalue weighted by atomic mass is 16.2. The summed E-state index contributed by atoms with van der Waals surface area (Å²) in [4.78, 5) is 17.1. The first-order chi connectivity index (χ1) is 12.3. The zero-order valence-electron chi connectivity index (χ0n) is 16.0. The second kappa shape index (κ2) is 6.74. The lowest BCUT2D eigenvalue weighted by Crippen LogP contribution is -2.29. The summed E-state index contributed by atoms with van der Waals surface area (Å²) < 4.78 is 3.43. The van der Waals surface area contributed by atoms with E-state index in [1.54, 1.807) is 17.9 Å². The number of carbonyl (C=O) groups is 1. The number of amides is 1. The van der Waals surface area contributed by atoms with Gasteiger partial charge in [-0.05, 0) is 45.4 Å². The molecule has 0 bridgehead atoms. The van der Waals surface area contributed by atoms with Gasteiger partial charge in [0.25, 0.3) is 5.91 Å². The lowest BCUT2D eigenvalue weighted by Gasteiger charge is -2.15. The van der Waals surface area contributed by atoms with Crippen LogP contribution in [0.3, 0.4) is 0 Å². The minimum absolute atomic E-state index is 0.178. The van der Waals surface area contributed by atoms with Crippen molar-refractivity contribution >= 4 is 5.91 Å². The molecule has 0 aromatic carbocycles. The maximum Gasteiger partial charge on any atom is 0.270 e. The fourth-order valence-electron chi connectivity index (χ4n) is 3.24. The molecule has 0 saturated carbocycles. The van der Waals surface area contributed by atoms with Crippen molar-refractivity contribution in [2.75, 3.05) is 0 Å². The van der Waals surface area contributed by atoms with E-state index in [-0.39, 0.29) is 11.9 Å². The maximum atomic E-state index is 12.8. The normalized spacial score (nSPS) is 12.2. The molecule has 0 saturated heterocycles. The van der Waals surface area contributed by atoms with Crippen LogP contribution in [0.4, 0.5) is 0 Å². The van der Waals surface area contributed by atoms with E-state index in [1.165, 1.54) is 0 Å². The number of nitrogens with one attached hydrogen (secondary N) is 1. The molecule has 0 radical (unpaired) electrons. The van der Waals surface area contributed by atoms with Crippen molar-refractivity contribution in [2.24, 2.45) is 14.1 Å². The third-order valence-corrected chi connectivity index (χ3v) is 4.69. The fourth-order valence-corrected chi connectivity index (χ4v) is 3.24. The number of aryl methyl sites for hydroxylation is 4. The van der Waals surface area contributed by atoms with Crippen LogP contribution in [0.5, 0.6) is 0 Å². The third kappa shape index (κ3) is 3.12. The Morgan fingerprint density at radius 3 is 2.50 bits per heavy atom. The summed E-state index contributed by atoms with van der Waals surface area (Å²) in [7, 11) is 3.68. The van der Waals surface area contributed by atoms with Crippen LogP contribution in [0.2, 0.25) is 0 Å². The van der Waals surface area contributed by atoms with Gasteiger partial charge in [0, 0.05) is 31.5 Å². The molecule has 0 spiro atoms. The number of pyridine rings is 1. The van der Waals surface area contributed by atoms with Gasteiger partial charge in [-0.3, -0.25) is 19.1 Å². The van der Waals surface area contributed by atoms with Gasteiger partial charge in [0.05, 0.1) is 23.1 Å². The van der Waals surface area contributed by atoms with E-state index in [2.05, 4.69) is 20.5 Å². The van der Waals surface area contributed by atoms with Gasteiger partial charge >= 0.3 is 0 Å². The highest BCUT2D eigenvalue weighted by Gasteiger charge is 2.21. The van der Waals surface area contributed by atoms with Crippen LogP contribution >= 0.6 is 0 Å². The summed E-state index contributed by atoms with van der Waals surface area (Å²) in [5.74, 6) is -0.178. The van der Waals surface area contributed by atoms with E-state index >= 15 is 0 Å². The molecular formula is C19H24N6O. The van der Waals surface area contributed by atoms with Crippen molar-refractivity contribution in [3.05, 3.63) is 52.7 Å². The first kappa shape index (κ1) is 17.8. The highest BCUT2D eigenvalue weighted by molar-refractivity contribution is 5.94. The van der Waals surface area contributed by atoms with Crippen molar-refractivity contribution in [3.63, 3.8) is 0 Å². The molecule has 136 valence electrons. The second-order valence-corrected chi connectivity index (χ2v) is 6.61. The Labute approximate surface area is 153 Å². The number of hydrogen-bond donors (Lipinski definition) is 1. The molecule has 3 rings (SSSR count). The molecule has 0 unspecified atom stereocenters. The van der Waals surface area contributed by atoms with Gasteiger partial charge in [0.2, 0.25) is 0 Å². The molecule has 3 aromatic rings. The van der Waals surface area contributed by atoms with Crippen LogP contribution in [-0.4, -0.2) is 30.5 Å². The number of rotatable bonds is 4. The average Bonchev–Trinajstić information content (AvgIpc) is 3.07. The van der Waals surface area contributed by atoms with Crippen LogP contribution < -0.4 is 5.32 Å². The number of nitrogens with zero attached hydrogens (tertiary/aromatic N) is 5. The Hall–Kier alpha value is -2.96. The zero-order valence-corrected chi connectivity index (χ0v) is 16.0. The van der Waals surface area contributed by atoms with Crippen molar-refractivity contribution in [1.82, 2.24) is 29.9 Å². The van der Waals surface area contributed by atoms with Gasteiger partial charge < -0.3 is 5.32 Å². The summed E-state index contributed by atoms with van der Waals surface area (Å²) in [5, 5.41) is 12.0. The molecule has 0 fully saturated rings. The molecule has 26 heavy (non-hydrogen) atoms. The zero-order chi connectivity index (χ0) is 19.0. The topological polar surface area (TPSA) is 77.6 Å². The minimum Gasteiger partial charge on any atom is -0.343 e. The Bertz CT molecular complexity index is 969. The predicted octanol–water partition coefficient (Wildman–Crippen LogP) is 2.63. The molecule has 1 amide bonds. The monoisotopic (exact) mass is 352 g/mol. The second-order valence-electron chi connectivity index (χ2n) is 6.61. The lowest BCUT2D eigenvalue weighted by molar-refractivity contribution is 0.0929. The quantitative estimate of drug-likeness (QED) is 0.783. The van der Waals surface area contributed by atoms with Crippen LogP contribution in [0.15, 0.2) is 24.4 Å². The largest absolute Gasteiger partial charge is 0.343 e. The van der Waals surface area contributed by atoms with Crippen molar-refractivity contribution < 1.29 is 4.79 Å². The van der Waals surface area contributed by atoms with Crippen molar-refractivity contribution in [2.45, 2.75) is 33.7 Å². The summed E-state index contributed by atoms with van der Waals surface area (Å²) in [5.41, 5.74) is 6.05. The summed E-state index contributed by atoms with van der Waals surface area (Å²) >= 11 is 0. The highest BCUT2D eigenvalue weighted by Crippen LogP contribution is 2.26. The van der Waals surface area contributed by atoms with Crippen LogP contribution in [0.25, 0.3) is 11.3 Å². The van der Waals surface area contributed by atoms with E-state index in [0.29, 0.717) is 5.69 Å². The lowest BCUT2D eigenvalue weighted by atomic mass is 10.1. The Balaban J connectivity index is 1.87. The summed E-state index contributed by atoms with van der Waals surface area (Å²) in [6.07, 6.45) is 1.74. The summed E-state index contributed by atoms with van der Waals surface area (Å²) in [6.45, 7) is 7.86. The number of carbonyl (C=O) groups excluding carboxylic acids is 1. The van der Waals surface area contributed by atoms with Crippen LogP contribution in [0, 0.1) is 20.8 Å². The molecule has 0 aliphatic carbocycles. The molecular weight excluding hydrogens is 328 g/mol. The van der Waals surface area contributed by atoms with Gasteiger partial charge in [-0.25, -0.2) is 0 Å². The fraction of sp³-hybridized carbons (Fsp3) is 0.368. The van der Waals surface area contributed by atoms with Gasteiger partial charge in [-0.1, -0.05) is 6.07 Å². The molecule has 1 atom stereocenters.